The number of para-hydroxylation sites is 1. The van der Waals surface area contributed by atoms with Crippen molar-refractivity contribution >= 4 is 17.5 Å². The van der Waals surface area contributed by atoms with E-state index in [1.54, 1.807) is 18.0 Å². The Kier molecular flexibility index (Phi) is 4.97. The van der Waals surface area contributed by atoms with Gasteiger partial charge in [0.2, 0.25) is 0 Å². The standard InChI is InChI=1S/C25H24ClN3O3/c1-15(2)27-14-29(28-11-10-21(30)16(3)23(28)25(27)31)24-19-6-4-5-7-22(19)32-13-17-8-9-18(26)12-20(17)24/h4-12,15,24H,13-14H2,1-3H3. The second-order valence-corrected chi connectivity index (χ2v) is 8.96. The Balaban J connectivity index is 1.80. The summed E-state index contributed by atoms with van der Waals surface area (Å²) in [6, 6.07) is 15.0. The lowest BCUT2D eigenvalue weighted by Crippen LogP contribution is -2.57. The number of carbonyl (C=O) groups is 1. The van der Waals surface area contributed by atoms with Crippen molar-refractivity contribution < 1.29 is 9.53 Å². The van der Waals surface area contributed by atoms with Gasteiger partial charge in [0.05, 0.1) is 0 Å². The first-order valence-corrected chi connectivity index (χ1v) is 11.0. The molecule has 7 heteroatoms. The monoisotopic (exact) mass is 449 g/mol. The molecule has 2 aliphatic heterocycles. The van der Waals surface area contributed by atoms with Gasteiger partial charge in [0.25, 0.3) is 5.91 Å². The highest BCUT2D eigenvalue weighted by Gasteiger charge is 2.38. The minimum atomic E-state index is -0.266. The molecular weight excluding hydrogens is 426 g/mol. The molecule has 2 aliphatic rings. The number of fused-ring (bicyclic) bond motifs is 3. The van der Waals surface area contributed by atoms with Crippen molar-refractivity contribution in [2.24, 2.45) is 0 Å². The number of ether oxygens (including phenoxy) is 1. The summed E-state index contributed by atoms with van der Waals surface area (Å²) in [6.45, 7) is 6.46. The van der Waals surface area contributed by atoms with Gasteiger partial charge in [0.15, 0.2) is 5.43 Å². The largest absolute Gasteiger partial charge is 0.489 e. The minimum Gasteiger partial charge on any atom is -0.489 e. The number of carbonyl (C=O) groups excluding carboxylic acids is 1. The topological polar surface area (TPSA) is 54.8 Å². The Labute approximate surface area is 191 Å². The summed E-state index contributed by atoms with van der Waals surface area (Å²) in [5.74, 6) is 0.646. The summed E-state index contributed by atoms with van der Waals surface area (Å²) in [5.41, 5.74) is 3.71. The Bertz CT molecular complexity index is 1280. The zero-order valence-corrected chi connectivity index (χ0v) is 19.0. The van der Waals surface area contributed by atoms with E-state index in [-0.39, 0.29) is 23.4 Å². The fraction of sp³-hybridized carbons (Fsp3) is 0.280. The van der Waals surface area contributed by atoms with Gasteiger partial charge in [-0.25, -0.2) is 0 Å². The van der Waals surface area contributed by atoms with Crippen LogP contribution in [0.3, 0.4) is 0 Å². The molecule has 32 heavy (non-hydrogen) atoms. The normalized spacial score (nSPS) is 17.4. The Morgan fingerprint density at radius 3 is 2.62 bits per heavy atom. The van der Waals surface area contributed by atoms with Crippen LogP contribution in [0.1, 0.15) is 52.6 Å². The van der Waals surface area contributed by atoms with Gasteiger partial charge in [-0.3, -0.25) is 19.3 Å². The predicted octanol–water partition coefficient (Wildman–Crippen LogP) is 4.25. The second kappa shape index (κ2) is 7.71. The predicted molar refractivity (Wildman–Crippen MR) is 124 cm³/mol. The van der Waals surface area contributed by atoms with E-state index in [1.165, 1.54) is 6.07 Å². The molecule has 2 aromatic carbocycles. The maximum Gasteiger partial charge on any atom is 0.274 e. The minimum absolute atomic E-state index is 0.0374. The number of nitrogens with zero attached hydrogens (tertiary/aromatic N) is 3. The maximum atomic E-state index is 13.4. The molecule has 0 aliphatic carbocycles. The molecule has 0 radical (unpaired) electrons. The number of amides is 1. The summed E-state index contributed by atoms with van der Waals surface area (Å²) < 4.78 is 7.98. The van der Waals surface area contributed by atoms with Gasteiger partial charge in [-0.2, -0.15) is 0 Å². The highest BCUT2D eigenvalue weighted by molar-refractivity contribution is 6.30. The second-order valence-electron chi connectivity index (χ2n) is 8.52. The molecule has 1 unspecified atom stereocenters. The van der Waals surface area contributed by atoms with Gasteiger partial charge in [-0.1, -0.05) is 35.9 Å². The SMILES string of the molecule is Cc1c2n(ccc1=O)N(C1c3cc(Cl)ccc3COc3ccccc31)CN(C(C)C)C2=O. The summed E-state index contributed by atoms with van der Waals surface area (Å²) >= 11 is 6.44. The molecular formula is C25H24ClN3O3. The number of hydrogen-bond donors (Lipinski definition) is 0. The Morgan fingerprint density at radius 2 is 1.84 bits per heavy atom. The quantitative estimate of drug-likeness (QED) is 0.587. The number of benzene rings is 2. The average molecular weight is 450 g/mol. The third-order valence-electron chi connectivity index (χ3n) is 6.28. The number of hydrogen-bond acceptors (Lipinski definition) is 4. The van der Waals surface area contributed by atoms with Gasteiger partial charge in [0.1, 0.15) is 30.8 Å². The summed E-state index contributed by atoms with van der Waals surface area (Å²) in [7, 11) is 0. The van der Waals surface area contributed by atoms with Crippen LogP contribution in [0, 0.1) is 6.92 Å². The molecule has 6 nitrogen and oxygen atoms in total. The third kappa shape index (κ3) is 3.17. The van der Waals surface area contributed by atoms with E-state index < -0.39 is 0 Å². The number of pyridine rings is 1. The van der Waals surface area contributed by atoms with Crippen molar-refractivity contribution in [2.45, 2.75) is 39.5 Å². The molecule has 5 rings (SSSR count). The van der Waals surface area contributed by atoms with Crippen molar-refractivity contribution in [1.29, 1.82) is 0 Å². The number of aromatic nitrogens is 1. The van der Waals surface area contributed by atoms with Gasteiger partial charge in [-0.15, -0.1) is 0 Å². The molecule has 0 spiro atoms. The van der Waals surface area contributed by atoms with Crippen molar-refractivity contribution in [3.8, 4) is 5.75 Å². The van der Waals surface area contributed by atoms with Crippen LogP contribution in [0.4, 0.5) is 0 Å². The molecule has 3 aromatic rings. The van der Waals surface area contributed by atoms with Crippen LogP contribution >= 0.6 is 11.6 Å². The molecule has 1 atom stereocenters. The van der Waals surface area contributed by atoms with Gasteiger partial charge in [-0.05, 0) is 50.1 Å². The van der Waals surface area contributed by atoms with E-state index in [0.717, 1.165) is 22.4 Å². The molecule has 0 bridgehead atoms. The first-order valence-electron chi connectivity index (χ1n) is 10.7. The number of halogens is 1. The zero-order chi connectivity index (χ0) is 22.6. The van der Waals surface area contributed by atoms with Crippen LogP contribution < -0.4 is 15.2 Å². The van der Waals surface area contributed by atoms with Crippen molar-refractivity contribution in [3.05, 3.63) is 97.9 Å². The van der Waals surface area contributed by atoms with Gasteiger partial charge < -0.3 is 9.64 Å². The first kappa shape index (κ1) is 20.6. The van der Waals surface area contributed by atoms with E-state index >= 15 is 0 Å². The van der Waals surface area contributed by atoms with Gasteiger partial charge in [0, 0.05) is 34.5 Å². The molecule has 1 amide bonds. The lowest BCUT2D eigenvalue weighted by atomic mass is 9.94. The fourth-order valence-electron chi connectivity index (χ4n) is 4.56. The molecule has 3 heterocycles. The molecule has 164 valence electrons. The fourth-order valence-corrected chi connectivity index (χ4v) is 4.74. The Hall–Kier alpha value is -3.25. The molecule has 0 saturated carbocycles. The van der Waals surface area contributed by atoms with E-state index in [2.05, 4.69) is 5.01 Å². The van der Waals surface area contributed by atoms with Crippen molar-refractivity contribution in [1.82, 2.24) is 9.58 Å². The van der Waals surface area contributed by atoms with Crippen LogP contribution in [0.25, 0.3) is 0 Å². The Morgan fingerprint density at radius 1 is 1.06 bits per heavy atom. The summed E-state index contributed by atoms with van der Waals surface area (Å²) in [4.78, 5) is 27.6. The summed E-state index contributed by atoms with van der Waals surface area (Å²) in [5, 5.41) is 2.75. The zero-order valence-electron chi connectivity index (χ0n) is 18.2. The van der Waals surface area contributed by atoms with Crippen LogP contribution in [-0.4, -0.2) is 28.2 Å². The van der Waals surface area contributed by atoms with Crippen molar-refractivity contribution in [2.75, 3.05) is 11.7 Å². The molecule has 0 saturated heterocycles. The van der Waals surface area contributed by atoms with Crippen LogP contribution in [0.5, 0.6) is 5.75 Å². The lowest BCUT2D eigenvalue weighted by molar-refractivity contribution is 0.0625. The smallest absolute Gasteiger partial charge is 0.274 e. The first-order chi connectivity index (χ1) is 15.4. The van der Waals surface area contributed by atoms with Crippen molar-refractivity contribution in [3.63, 3.8) is 0 Å². The summed E-state index contributed by atoms with van der Waals surface area (Å²) in [6.07, 6.45) is 1.69. The van der Waals surface area contributed by atoms with E-state index in [1.807, 2.05) is 61.0 Å². The van der Waals surface area contributed by atoms with E-state index in [4.69, 9.17) is 16.3 Å². The lowest BCUT2D eigenvalue weighted by Gasteiger charge is -2.45. The average Bonchev–Trinajstić information content (AvgIpc) is 2.93. The van der Waals surface area contributed by atoms with E-state index in [9.17, 15) is 9.59 Å². The molecule has 0 fully saturated rings. The molecule has 1 aromatic heterocycles. The highest BCUT2D eigenvalue weighted by Crippen LogP contribution is 2.41. The third-order valence-corrected chi connectivity index (χ3v) is 6.51. The van der Waals surface area contributed by atoms with Crippen LogP contribution in [0.2, 0.25) is 5.02 Å². The van der Waals surface area contributed by atoms with Gasteiger partial charge >= 0.3 is 0 Å². The van der Waals surface area contributed by atoms with E-state index in [0.29, 0.717) is 29.6 Å². The maximum absolute atomic E-state index is 13.4. The van der Waals surface area contributed by atoms with Crippen LogP contribution in [0.15, 0.2) is 59.5 Å². The molecule has 0 N–H and O–H groups in total. The number of rotatable bonds is 2. The van der Waals surface area contributed by atoms with Crippen LogP contribution in [-0.2, 0) is 6.61 Å². The highest BCUT2D eigenvalue weighted by atomic mass is 35.5.